The van der Waals surface area contributed by atoms with Crippen molar-refractivity contribution < 1.29 is 4.74 Å². The highest BCUT2D eigenvalue weighted by atomic mass is 35.5. The van der Waals surface area contributed by atoms with Gasteiger partial charge in [-0.3, -0.25) is 0 Å². The second-order valence-corrected chi connectivity index (χ2v) is 5.90. The van der Waals surface area contributed by atoms with Gasteiger partial charge in [0.1, 0.15) is 5.44 Å². The first-order chi connectivity index (χ1) is 6.28. The van der Waals surface area contributed by atoms with E-state index in [2.05, 4.69) is 11.8 Å². The van der Waals surface area contributed by atoms with Crippen LogP contribution in [0.1, 0.15) is 19.8 Å². The largest absolute Gasteiger partial charge is 0.359 e. The molecule has 2 bridgehead atoms. The van der Waals surface area contributed by atoms with E-state index in [-0.39, 0.29) is 18.0 Å². The fraction of sp³-hybridized carbons (Fsp3) is 1.00. The van der Waals surface area contributed by atoms with Gasteiger partial charge >= 0.3 is 0 Å². The summed E-state index contributed by atoms with van der Waals surface area (Å²) in [7, 11) is 0. The first kappa shape index (κ1) is 11.1. The Balaban J connectivity index is 0.000000750. The van der Waals surface area contributed by atoms with Crippen molar-refractivity contribution >= 4 is 24.2 Å². The number of rotatable bonds is 0. The van der Waals surface area contributed by atoms with Crippen molar-refractivity contribution in [2.45, 2.75) is 30.8 Å². The molecule has 0 saturated carbocycles. The van der Waals surface area contributed by atoms with Crippen LogP contribution in [0.15, 0.2) is 0 Å². The monoisotopic (exact) mass is 235 g/mol. The van der Waals surface area contributed by atoms with Gasteiger partial charge in [-0.05, 0) is 38.8 Å². The van der Waals surface area contributed by atoms with Crippen LogP contribution in [0.25, 0.3) is 0 Å². The number of hydrogen-bond donors (Lipinski definition) is 0. The predicted molar refractivity (Wildman–Crippen MR) is 62.1 cm³/mol. The highest BCUT2D eigenvalue weighted by Crippen LogP contribution is 2.46. The molecule has 82 valence electrons. The minimum atomic E-state index is 0. The van der Waals surface area contributed by atoms with E-state index in [4.69, 9.17) is 4.74 Å². The Morgan fingerprint density at radius 2 is 2.07 bits per heavy atom. The van der Waals surface area contributed by atoms with Crippen molar-refractivity contribution in [1.82, 2.24) is 4.90 Å². The zero-order valence-corrected chi connectivity index (χ0v) is 10.2. The van der Waals surface area contributed by atoms with Gasteiger partial charge in [-0.15, -0.1) is 24.2 Å². The molecule has 0 aromatic heterocycles. The van der Waals surface area contributed by atoms with Crippen LogP contribution in [0.3, 0.4) is 0 Å². The van der Waals surface area contributed by atoms with Crippen molar-refractivity contribution in [3.8, 4) is 0 Å². The zero-order chi connectivity index (χ0) is 8.89. The highest BCUT2D eigenvalue weighted by Gasteiger charge is 2.51. The second-order valence-electron chi connectivity index (χ2n) is 4.61. The average molecular weight is 236 g/mol. The minimum absolute atomic E-state index is 0. The van der Waals surface area contributed by atoms with E-state index in [1.165, 1.54) is 38.2 Å². The van der Waals surface area contributed by atoms with Crippen LogP contribution in [0.4, 0.5) is 0 Å². The third-order valence-electron chi connectivity index (χ3n) is 3.79. The van der Waals surface area contributed by atoms with Gasteiger partial charge in [-0.2, -0.15) is 0 Å². The van der Waals surface area contributed by atoms with Crippen LogP contribution in [0.2, 0.25) is 0 Å². The molecule has 0 amide bonds. The standard InChI is InChI=1S/C10H17NOS.ClH/c1-8-12-10(7-13-8)6-11-4-2-9(10)3-5-11;/h8-9H,2-7H2,1H3;1H/t8-,10?;/m1./s1. The van der Waals surface area contributed by atoms with E-state index in [9.17, 15) is 0 Å². The number of halogens is 1. The number of nitrogens with zero attached hydrogens (tertiary/aromatic N) is 1. The molecule has 0 aromatic carbocycles. The van der Waals surface area contributed by atoms with Gasteiger partial charge in [0.25, 0.3) is 0 Å². The Morgan fingerprint density at radius 3 is 2.50 bits per heavy atom. The summed E-state index contributed by atoms with van der Waals surface area (Å²) in [5.74, 6) is 2.09. The molecule has 4 fully saturated rings. The van der Waals surface area contributed by atoms with E-state index in [0.29, 0.717) is 5.44 Å². The Hall–Kier alpha value is 0.560. The maximum atomic E-state index is 6.14. The molecule has 2 atom stereocenters. The van der Waals surface area contributed by atoms with E-state index in [1.807, 2.05) is 11.8 Å². The van der Waals surface area contributed by atoms with Crippen molar-refractivity contribution in [1.29, 1.82) is 0 Å². The lowest BCUT2D eigenvalue weighted by Gasteiger charge is -2.50. The summed E-state index contributed by atoms with van der Waals surface area (Å²) in [6, 6.07) is 0. The molecule has 4 heterocycles. The summed E-state index contributed by atoms with van der Waals surface area (Å²) in [6.45, 7) is 6.02. The second kappa shape index (κ2) is 3.85. The normalized spacial score (nSPS) is 50.8. The summed E-state index contributed by atoms with van der Waals surface area (Å²) < 4.78 is 6.14. The van der Waals surface area contributed by atoms with Crippen LogP contribution in [-0.4, -0.2) is 41.3 Å². The minimum Gasteiger partial charge on any atom is -0.359 e. The van der Waals surface area contributed by atoms with Crippen molar-refractivity contribution in [2.24, 2.45) is 5.92 Å². The van der Waals surface area contributed by atoms with Crippen molar-refractivity contribution in [2.75, 3.05) is 25.4 Å². The van der Waals surface area contributed by atoms with Crippen LogP contribution in [0.5, 0.6) is 0 Å². The predicted octanol–water partition coefficient (Wildman–Crippen LogP) is 1.98. The van der Waals surface area contributed by atoms with Crippen molar-refractivity contribution in [3.05, 3.63) is 0 Å². The van der Waals surface area contributed by atoms with E-state index in [1.54, 1.807) is 0 Å². The Labute approximate surface area is 96.2 Å². The highest BCUT2D eigenvalue weighted by molar-refractivity contribution is 8.00. The van der Waals surface area contributed by atoms with Gasteiger partial charge in [-0.25, -0.2) is 0 Å². The van der Waals surface area contributed by atoms with Crippen LogP contribution in [0, 0.1) is 5.92 Å². The number of ether oxygens (including phenoxy) is 1. The fourth-order valence-electron chi connectivity index (χ4n) is 3.08. The number of fused-ring (bicyclic) bond motifs is 2. The van der Waals surface area contributed by atoms with E-state index < -0.39 is 0 Å². The molecule has 14 heavy (non-hydrogen) atoms. The average Bonchev–Trinajstić information content (AvgIpc) is 2.49. The molecule has 4 saturated heterocycles. The summed E-state index contributed by atoms with van der Waals surface area (Å²) in [6.07, 6.45) is 2.74. The maximum Gasteiger partial charge on any atom is 0.101 e. The Morgan fingerprint density at radius 1 is 1.36 bits per heavy atom. The number of piperidine rings is 3. The molecule has 1 unspecified atom stereocenters. The lowest BCUT2D eigenvalue weighted by molar-refractivity contribution is -0.133. The summed E-state index contributed by atoms with van der Waals surface area (Å²) in [4.78, 5) is 2.58. The third kappa shape index (κ3) is 1.58. The van der Waals surface area contributed by atoms with Gasteiger partial charge in [0.2, 0.25) is 0 Å². The molecule has 1 spiro atoms. The summed E-state index contributed by atoms with van der Waals surface area (Å²) in [5.41, 5.74) is 0.682. The SMILES string of the molecule is C[C@@H]1OC2(CS1)CN1CCC2CC1.Cl. The molecule has 4 aliphatic rings. The maximum absolute atomic E-state index is 6.14. The Kier molecular flexibility index (Phi) is 3.04. The van der Waals surface area contributed by atoms with E-state index in [0.717, 1.165) is 5.92 Å². The fourth-order valence-corrected chi connectivity index (χ4v) is 4.25. The molecule has 4 aliphatic heterocycles. The van der Waals surface area contributed by atoms with Gasteiger partial charge in [0, 0.05) is 12.3 Å². The van der Waals surface area contributed by atoms with Crippen LogP contribution >= 0.6 is 24.2 Å². The molecule has 4 rings (SSSR count). The first-order valence-electron chi connectivity index (χ1n) is 5.30. The lowest BCUT2D eigenvalue weighted by Crippen LogP contribution is -2.60. The number of hydrogen-bond acceptors (Lipinski definition) is 3. The van der Waals surface area contributed by atoms with Crippen molar-refractivity contribution in [3.63, 3.8) is 0 Å². The Bertz CT molecular complexity index is 220. The topological polar surface area (TPSA) is 12.5 Å². The molecule has 2 nitrogen and oxygen atoms in total. The molecule has 0 N–H and O–H groups in total. The molecule has 0 aliphatic carbocycles. The zero-order valence-electron chi connectivity index (χ0n) is 8.57. The van der Waals surface area contributed by atoms with Crippen LogP contribution in [-0.2, 0) is 4.74 Å². The molecule has 0 radical (unpaired) electrons. The third-order valence-corrected chi connectivity index (χ3v) is 5.01. The van der Waals surface area contributed by atoms with E-state index >= 15 is 0 Å². The molecule has 4 heteroatoms. The summed E-state index contributed by atoms with van der Waals surface area (Å²) in [5, 5.41) is 0. The molecular formula is C10H18ClNOS. The van der Waals surface area contributed by atoms with Gasteiger partial charge in [0.05, 0.1) is 5.60 Å². The van der Waals surface area contributed by atoms with Gasteiger partial charge < -0.3 is 9.64 Å². The first-order valence-corrected chi connectivity index (χ1v) is 6.35. The van der Waals surface area contributed by atoms with Gasteiger partial charge in [0.15, 0.2) is 0 Å². The smallest absolute Gasteiger partial charge is 0.101 e. The number of thioether (sulfide) groups is 1. The van der Waals surface area contributed by atoms with Gasteiger partial charge in [-0.1, -0.05) is 0 Å². The summed E-state index contributed by atoms with van der Waals surface area (Å²) >= 11 is 1.99. The molecular weight excluding hydrogens is 218 g/mol. The lowest BCUT2D eigenvalue weighted by atomic mass is 9.76. The molecule has 0 aromatic rings. The van der Waals surface area contributed by atoms with Crippen LogP contribution < -0.4 is 0 Å². The quantitative estimate of drug-likeness (QED) is 0.637.